The molecule has 2 aromatic rings. The first-order valence-corrected chi connectivity index (χ1v) is 9.73. The highest BCUT2D eigenvalue weighted by Crippen LogP contribution is 2.36. The number of anilines is 1. The molecule has 1 aromatic heterocycles. The van der Waals surface area contributed by atoms with Gasteiger partial charge >= 0.3 is 11.8 Å². The van der Waals surface area contributed by atoms with Crippen molar-refractivity contribution in [3.63, 3.8) is 0 Å². The van der Waals surface area contributed by atoms with Gasteiger partial charge in [-0.15, -0.1) is 11.3 Å². The molecule has 0 saturated carbocycles. The number of rotatable bonds is 4. The number of hydrogen-bond donors (Lipinski definition) is 2. The average molecular weight is 393 g/mol. The second-order valence-corrected chi connectivity index (χ2v) is 7.83. The summed E-state index contributed by atoms with van der Waals surface area (Å²) in [6.07, 6.45) is 1.64. The van der Waals surface area contributed by atoms with Gasteiger partial charge in [-0.25, -0.2) is 0 Å². The Morgan fingerprint density at radius 2 is 2.00 bits per heavy atom. The first kappa shape index (κ1) is 18.9. The van der Waals surface area contributed by atoms with Crippen molar-refractivity contribution in [1.29, 1.82) is 0 Å². The maximum Gasteiger partial charge on any atom is 0.313 e. The Kier molecular flexibility index (Phi) is 5.96. The number of thiophene rings is 1. The van der Waals surface area contributed by atoms with E-state index in [1.807, 2.05) is 18.4 Å². The number of halogens is 1. The Hall–Kier alpha value is -1.89. The minimum absolute atomic E-state index is 0.171. The molecule has 2 heterocycles. The van der Waals surface area contributed by atoms with Crippen molar-refractivity contribution in [3.8, 4) is 0 Å². The van der Waals surface area contributed by atoms with Crippen molar-refractivity contribution in [2.45, 2.75) is 25.2 Å². The van der Waals surface area contributed by atoms with E-state index in [0.717, 1.165) is 18.4 Å². The summed E-state index contributed by atoms with van der Waals surface area (Å²) in [7, 11) is 0. The smallest absolute Gasteiger partial charge is 0.313 e. The van der Waals surface area contributed by atoms with Gasteiger partial charge in [-0.05, 0) is 48.9 Å². The second kappa shape index (κ2) is 8.20. The Bertz CT molecular complexity index is 786. The van der Waals surface area contributed by atoms with Crippen molar-refractivity contribution >= 4 is 40.4 Å². The SMILES string of the molecule is Cc1ccc(NC(=O)C(=O)NCC2(c3cccs3)CCOCC2)cc1Cl. The molecule has 5 nitrogen and oxygen atoms in total. The zero-order valence-corrected chi connectivity index (χ0v) is 16.1. The van der Waals surface area contributed by atoms with E-state index in [4.69, 9.17) is 16.3 Å². The quantitative estimate of drug-likeness (QED) is 0.782. The van der Waals surface area contributed by atoms with Crippen LogP contribution in [0.3, 0.4) is 0 Å². The molecule has 138 valence electrons. The van der Waals surface area contributed by atoms with Gasteiger partial charge in [0, 0.05) is 40.8 Å². The molecular formula is C19H21ClN2O3S. The average Bonchev–Trinajstić information content (AvgIpc) is 3.19. The van der Waals surface area contributed by atoms with Crippen LogP contribution in [0.2, 0.25) is 5.02 Å². The van der Waals surface area contributed by atoms with Gasteiger partial charge in [-0.2, -0.15) is 0 Å². The summed E-state index contributed by atoms with van der Waals surface area (Å²) in [6.45, 7) is 3.60. The van der Waals surface area contributed by atoms with E-state index in [1.165, 1.54) is 4.88 Å². The summed E-state index contributed by atoms with van der Waals surface area (Å²) in [5, 5.41) is 7.96. The fraction of sp³-hybridized carbons (Fsp3) is 0.368. The topological polar surface area (TPSA) is 67.4 Å². The zero-order chi connectivity index (χ0) is 18.6. The molecule has 0 spiro atoms. The van der Waals surface area contributed by atoms with Crippen molar-refractivity contribution in [1.82, 2.24) is 5.32 Å². The van der Waals surface area contributed by atoms with Crippen molar-refractivity contribution in [2.75, 3.05) is 25.1 Å². The van der Waals surface area contributed by atoms with Crippen LogP contribution in [-0.4, -0.2) is 31.6 Å². The molecule has 7 heteroatoms. The number of benzene rings is 1. The molecule has 1 aliphatic rings. The summed E-state index contributed by atoms with van der Waals surface area (Å²) in [6, 6.07) is 9.23. The van der Waals surface area contributed by atoms with Gasteiger partial charge in [0.05, 0.1) is 0 Å². The molecule has 0 unspecified atom stereocenters. The Labute approximate surface area is 161 Å². The zero-order valence-electron chi connectivity index (χ0n) is 14.5. The minimum Gasteiger partial charge on any atom is -0.381 e. The predicted octanol–water partition coefficient (Wildman–Crippen LogP) is 3.51. The first-order chi connectivity index (χ1) is 12.5. The normalized spacial score (nSPS) is 16.1. The van der Waals surface area contributed by atoms with Gasteiger partial charge in [0.25, 0.3) is 0 Å². The standard InChI is InChI=1S/C19H21ClN2O3S/c1-13-4-5-14(11-15(13)20)22-18(24)17(23)21-12-19(6-8-25-9-7-19)16-3-2-10-26-16/h2-5,10-11H,6-9,12H2,1H3,(H,21,23)(H,22,24). The van der Waals surface area contributed by atoms with Gasteiger partial charge < -0.3 is 15.4 Å². The van der Waals surface area contributed by atoms with Gasteiger partial charge in [-0.3, -0.25) is 9.59 Å². The van der Waals surface area contributed by atoms with E-state index in [-0.39, 0.29) is 5.41 Å². The molecule has 1 fully saturated rings. The van der Waals surface area contributed by atoms with Crippen LogP contribution in [0.25, 0.3) is 0 Å². The summed E-state index contributed by atoms with van der Waals surface area (Å²) in [4.78, 5) is 25.7. The highest BCUT2D eigenvalue weighted by Gasteiger charge is 2.36. The molecular weight excluding hydrogens is 372 g/mol. The van der Waals surface area contributed by atoms with E-state index in [9.17, 15) is 9.59 Å². The lowest BCUT2D eigenvalue weighted by Gasteiger charge is -2.36. The first-order valence-electron chi connectivity index (χ1n) is 8.47. The van der Waals surface area contributed by atoms with Crippen LogP contribution in [0, 0.1) is 6.92 Å². The molecule has 0 radical (unpaired) electrons. The minimum atomic E-state index is -0.696. The monoisotopic (exact) mass is 392 g/mol. The maximum atomic E-state index is 12.3. The molecule has 26 heavy (non-hydrogen) atoms. The van der Waals surface area contributed by atoms with E-state index < -0.39 is 11.8 Å². The number of nitrogens with one attached hydrogen (secondary N) is 2. The number of ether oxygens (including phenoxy) is 1. The molecule has 1 aromatic carbocycles. The number of carbonyl (C=O) groups excluding carboxylic acids is 2. The van der Waals surface area contributed by atoms with E-state index in [1.54, 1.807) is 29.5 Å². The number of aryl methyl sites for hydroxylation is 1. The summed E-state index contributed by atoms with van der Waals surface area (Å²) < 4.78 is 5.48. The largest absolute Gasteiger partial charge is 0.381 e. The highest BCUT2D eigenvalue weighted by atomic mass is 35.5. The van der Waals surface area contributed by atoms with Crippen LogP contribution in [0.1, 0.15) is 23.3 Å². The van der Waals surface area contributed by atoms with E-state index >= 15 is 0 Å². The molecule has 3 rings (SSSR count). The third-order valence-electron chi connectivity index (χ3n) is 4.72. The highest BCUT2D eigenvalue weighted by molar-refractivity contribution is 7.10. The van der Waals surface area contributed by atoms with Crippen LogP contribution < -0.4 is 10.6 Å². The number of carbonyl (C=O) groups is 2. The predicted molar refractivity (Wildman–Crippen MR) is 104 cm³/mol. The lowest BCUT2D eigenvalue weighted by atomic mass is 9.78. The van der Waals surface area contributed by atoms with Crippen LogP contribution in [-0.2, 0) is 19.7 Å². The molecule has 0 bridgehead atoms. The van der Waals surface area contributed by atoms with Crippen molar-refractivity contribution in [2.24, 2.45) is 0 Å². The third kappa shape index (κ3) is 4.26. The molecule has 2 amide bonds. The fourth-order valence-electron chi connectivity index (χ4n) is 3.04. The Balaban J connectivity index is 1.63. The van der Waals surface area contributed by atoms with Gasteiger partial charge in [-0.1, -0.05) is 23.7 Å². The lowest BCUT2D eigenvalue weighted by Crippen LogP contribution is -2.46. The van der Waals surface area contributed by atoms with Crippen LogP contribution >= 0.6 is 22.9 Å². The van der Waals surface area contributed by atoms with Crippen LogP contribution in [0.15, 0.2) is 35.7 Å². The maximum absolute atomic E-state index is 12.3. The summed E-state index contributed by atoms with van der Waals surface area (Å²) in [5.41, 5.74) is 1.24. The fourth-order valence-corrected chi connectivity index (χ4v) is 4.21. The molecule has 2 N–H and O–H groups in total. The van der Waals surface area contributed by atoms with Crippen molar-refractivity contribution < 1.29 is 14.3 Å². The molecule has 1 aliphatic heterocycles. The third-order valence-corrected chi connectivity index (χ3v) is 6.24. The van der Waals surface area contributed by atoms with E-state index in [0.29, 0.717) is 30.5 Å². The van der Waals surface area contributed by atoms with Crippen molar-refractivity contribution in [3.05, 3.63) is 51.2 Å². The summed E-state index contributed by atoms with van der Waals surface area (Å²) >= 11 is 7.72. The molecule has 1 saturated heterocycles. The molecule has 0 atom stereocenters. The number of hydrogen-bond acceptors (Lipinski definition) is 4. The van der Waals surface area contributed by atoms with Gasteiger partial charge in [0.15, 0.2) is 0 Å². The second-order valence-electron chi connectivity index (χ2n) is 6.47. The Morgan fingerprint density at radius 3 is 2.65 bits per heavy atom. The molecule has 0 aliphatic carbocycles. The summed E-state index contributed by atoms with van der Waals surface area (Å²) in [5.74, 6) is -1.34. The van der Waals surface area contributed by atoms with Gasteiger partial charge in [0.1, 0.15) is 0 Å². The lowest BCUT2D eigenvalue weighted by molar-refractivity contribution is -0.136. The number of amides is 2. The van der Waals surface area contributed by atoms with Crippen LogP contribution in [0.4, 0.5) is 5.69 Å². The Morgan fingerprint density at radius 1 is 1.23 bits per heavy atom. The van der Waals surface area contributed by atoms with E-state index in [2.05, 4.69) is 16.7 Å². The van der Waals surface area contributed by atoms with Gasteiger partial charge in [0.2, 0.25) is 0 Å². The van der Waals surface area contributed by atoms with Crippen LogP contribution in [0.5, 0.6) is 0 Å².